The first-order chi connectivity index (χ1) is 5.70. The monoisotopic (exact) mass is 188 g/mol. The van der Waals surface area contributed by atoms with Crippen molar-refractivity contribution in [3.8, 4) is 0 Å². The van der Waals surface area contributed by atoms with Crippen LogP contribution in [0.2, 0.25) is 0 Å². The highest BCUT2D eigenvalue weighted by molar-refractivity contribution is 8.00. The Labute approximate surface area is 77.5 Å². The maximum Gasteiger partial charge on any atom is 0.236 e. The lowest BCUT2D eigenvalue weighted by molar-refractivity contribution is -0.121. The molecule has 2 atom stereocenters. The summed E-state index contributed by atoms with van der Waals surface area (Å²) < 4.78 is 0. The predicted molar refractivity (Wildman–Crippen MR) is 52.1 cm³/mol. The minimum absolute atomic E-state index is 0.0394. The SMILES string of the molecule is C[C@@H](N)C(=O)NCC1CCCS1. The normalized spacial score (nSPS) is 25.3. The van der Waals surface area contributed by atoms with Crippen molar-refractivity contribution in [1.29, 1.82) is 0 Å². The lowest BCUT2D eigenvalue weighted by atomic mass is 10.2. The van der Waals surface area contributed by atoms with Crippen LogP contribution in [0.1, 0.15) is 19.8 Å². The standard InChI is InChI=1S/C8H16N2OS/c1-6(9)8(11)10-5-7-3-2-4-12-7/h6-7H,2-5,9H2,1H3,(H,10,11)/t6-,7?/m1/s1. The van der Waals surface area contributed by atoms with E-state index in [-0.39, 0.29) is 11.9 Å². The zero-order valence-electron chi connectivity index (χ0n) is 7.38. The summed E-state index contributed by atoms with van der Waals surface area (Å²) in [6.07, 6.45) is 2.51. The van der Waals surface area contributed by atoms with Crippen molar-refractivity contribution in [2.24, 2.45) is 5.73 Å². The molecule has 0 bridgehead atoms. The van der Waals surface area contributed by atoms with Gasteiger partial charge in [-0.05, 0) is 25.5 Å². The number of thioether (sulfide) groups is 1. The average molecular weight is 188 g/mol. The molecule has 0 spiro atoms. The molecule has 1 aliphatic heterocycles. The summed E-state index contributed by atoms with van der Waals surface area (Å²) in [5.74, 6) is 1.20. The van der Waals surface area contributed by atoms with Gasteiger partial charge < -0.3 is 11.1 Å². The molecule has 1 amide bonds. The molecule has 0 aliphatic carbocycles. The van der Waals surface area contributed by atoms with E-state index in [0.717, 1.165) is 6.54 Å². The fraction of sp³-hybridized carbons (Fsp3) is 0.875. The molecule has 70 valence electrons. The number of hydrogen-bond donors (Lipinski definition) is 2. The summed E-state index contributed by atoms with van der Waals surface area (Å²) >= 11 is 1.94. The maximum absolute atomic E-state index is 11.1. The van der Waals surface area contributed by atoms with Gasteiger partial charge in [0.2, 0.25) is 5.91 Å². The number of carbonyl (C=O) groups is 1. The average Bonchev–Trinajstić information content (AvgIpc) is 2.51. The van der Waals surface area contributed by atoms with Gasteiger partial charge >= 0.3 is 0 Å². The molecule has 3 N–H and O–H groups in total. The molecule has 0 aromatic heterocycles. The number of rotatable bonds is 3. The number of nitrogens with two attached hydrogens (primary N) is 1. The first kappa shape index (κ1) is 9.86. The van der Waals surface area contributed by atoms with Crippen molar-refractivity contribution in [2.75, 3.05) is 12.3 Å². The molecule has 0 aromatic carbocycles. The fourth-order valence-corrected chi connectivity index (χ4v) is 2.38. The van der Waals surface area contributed by atoms with E-state index in [9.17, 15) is 4.79 Å². The summed E-state index contributed by atoms with van der Waals surface area (Å²) in [6.45, 7) is 2.49. The zero-order chi connectivity index (χ0) is 8.97. The lowest BCUT2D eigenvalue weighted by Crippen LogP contribution is -2.40. The smallest absolute Gasteiger partial charge is 0.236 e. The largest absolute Gasteiger partial charge is 0.354 e. The van der Waals surface area contributed by atoms with E-state index in [1.54, 1.807) is 6.92 Å². The highest BCUT2D eigenvalue weighted by Crippen LogP contribution is 2.25. The Bertz CT molecular complexity index is 155. The third kappa shape index (κ3) is 3.03. The Morgan fingerprint density at radius 3 is 3.08 bits per heavy atom. The van der Waals surface area contributed by atoms with Gasteiger partial charge in [-0.3, -0.25) is 4.79 Å². The Kier molecular flexibility index (Phi) is 3.88. The van der Waals surface area contributed by atoms with E-state index in [1.165, 1.54) is 18.6 Å². The zero-order valence-corrected chi connectivity index (χ0v) is 8.19. The van der Waals surface area contributed by atoms with Crippen molar-refractivity contribution in [3.05, 3.63) is 0 Å². The quantitative estimate of drug-likeness (QED) is 0.672. The Balaban J connectivity index is 2.12. The third-order valence-corrected chi connectivity index (χ3v) is 3.34. The molecule has 1 unspecified atom stereocenters. The molecule has 4 heteroatoms. The molecule has 0 saturated carbocycles. The molecular formula is C8H16N2OS. The highest BCUT2D eigenvalue weighted by atomic mass is 32.2. The molecule has 1 saturated heterocycles. The molecule has 3 nitrogen and oxygen atoms in total. The summed E-state index contributed by atoms with van der Waals surface area (Å²) in [6, 6.07) is -0.378. The fourth-order valence-electron chi connectivity index (χ4n) is 1.18. The topological polar surface area (TPSA) is 55.1 Å². The van der Waals surface area contributed by atoms with Crippen LogP contribution < -0.4 is 11.1 Å². The van der Waals surface area contributed by atoms with Gasteiger partial charge in [0.15, 0.2) is 0 Å². The Hall–Kier alpha value is -0.220. The molecule has 1 aliphatic rings. The highest BCUT2D eigenvalue weighted by Gasteiger charge is 2.16. The number of carbonyl (C=O) groups excluding carboxylic acids is 1. The van der Waals surface area contributed by atoms with E-state index in [4.69, 9.17) is 5.73 Å². The van der Waals surface area contributed by atoms with Crippen LogP contribution in [-0.2, 0) is 4.79 Å². The van der Waals surface area contributed by atoms with Gasteiger partial charge in [-0.25, -0.2) is 0 Å². The van der Waals surface area contributed by atoms with Gasteiger partial charge in [0.25, 0.3) is 0 Å². The third-order valence-electron chi connectivity index (χ3n) is 1.94. The van der Waals surface area contributed by atoms with Crippen LogP contribution in [0.5, 0.6) is 0 Å². The number of amides is 1. The van der Waals surface area contributed by atoms with Gasteiger partial charge in [-0.15, -0.1) is 0 Å². The van der Waals surface area contributed by atoms with Crippen LogP contribution in [-0.4, -0.2) is 29.5 Å². The van der Waals surface area contributed by atoms with Crippen molar-refractivity contribution in [3.63, 3.8) is 0 Å². The van der Waals surface area contributed by atoms with Gasteiger partial charge in [-0.1, -0.05) is 0 Å². The van der Waals surface area contributed by atoms with E-state index in [1.807, 2.05) is 11.8 Å². The summed E-state index contributed by atoms with van der Waals surface area (Å²) in [5, 5.41) is 3.46. The Morgan fingerprint density at radius 1 is 1.83 bits per heavy atom. The molecule has 1 heterocycles. The molecule has 0 radical (unpaired) electrons. The second-order valence-corrected chi connectivity index (χ2v) is 4.58. The van der Waals surface area contributed by atoms with Gasteiger partial charge in [-0.2, -0.15) is 11.8 Å². The summed E-state index contributed by atoms with van der Waals surface area (Å²) in [4.78, 5) is 11.1. The van der Waals surface area contributed by atoms with E-state index < -0.39 is 0 Å². The van der Waals surface area contributed by atoms with Crippen LogP contribution in [0.15, 0.2) is 0 Å². The van der Waals surface area contributed by atoms with Crippen LogP contribution in [0.25, 0.3) is 0 Å². The predicted octanol–water partition coefficient (Wildman–Crippen LogP) is 0.345. The van der Waals surface area contributed by atoms with Crippen LogP contribution >= 0.6 is 11.8 Å². The minimum atomic E-state index is -0.378. The summed E-state index contributed by atoms with van der Waals surface area (Å²) in [5.41, 5.74) is 5.40. The molecule has 0 aromatic rings. The molecule has 1 rings (SSSR count). The summed E-state index contributed by atoms with van der Waals surface area (Å²) in [7, 11) is 0. The molecule has 1 fully saturated rings. The van der Waals surface area contributed by atoms with Crippen molar-refractivity contribution in [1.82, 2.24) is 5.32 Å². The van der Waals surface area contributed by atoms with E-state index >= 15 is 0 Å². The van der Waals surface area contributed by atoms with Gasteiger partial charge in [0.05, 0.1) is 6.04 Å². The van der Waals surface area contributed by atoms with Crippen molar-refractivity contribution in [2.45, 2.75) is 31.1 Å². The molecule has 12 heavy (non-hydrogen) atoms. The first-order valence-electron chi connectivity index (χ1n) is 4.35. The van der Waals surface area contributed by atoms with Crippen LogP contribution in [0.3, 0.4) is 0 Å². The van der Waals surface area contributed by atoms with Gasteiger partial charge in [0, 0.05) is 11.8 Å². The minimum Gasteiger partial charge on any atom is -0.354 e. The van der Waals surface area contributed by atoms with Crippen LogP contribution in [0.4, 0.5) is 0 Å². The van der Waals surface area contributed by atoms with E-state index in [0.29, 0.717) is 5.25 Å². The second-order valence-electron chi connectivity index (χ2n) is 3.17. The van der Waals surface area contributed by atoms with E-state index in [2.05, 4.69) is 5.32 Å². The Morgan fingerprint density at radius 2 is 2.58 bits per heavy atom. The first-order valence-corrected chi connectivity index (χ1v) is 5.40. The van der Waals surface area contributed by atoms with Crippen molar-refractivity contribution < 1.29 is 4.79 Å². The van der Waals surface area contributed by atoms with Crippen molar-refractivity contribution >= 4 is 17.7 Å². The maximum atomic E-state index is 11.1. The van der Waals surface area contributed by atoms with Crippen LogP contribution in [0, 0.1) is 0 Å². The number of nitrogens with one attached hydrogen (secondary N) is 1. The van der Waals surface area contributed by atoms with Gasteiger partial charge in [0.1, 0.15) is 0 Å². The lowest BCUT2D eigenvalue weighted by Gasteiger charge is -2.11. The number of hydrogen-bond acceptors (Lipinski definition) is 3. The molecular weight excluding hydrogens is 172 g/mol. The second kappa shape index (κ2) is 4.72.